The molecule has 188 valence electrons. The first kappa shape index (κ1) is 24.5. The number of methoxy groups -OCH3 is 1. The molecule has 1 aromatic carbocycles. The van der Waals surface area contributed by atoms with Crippen LogP contribution in [0.2, 0.25) is 0 Å². The van der Waals surface area contributed by atoms with Gasteiger partial charge in [0, 0.05) is 43.1 Å². The number of hydrogen-bond donors (Lipinski definition) is 2. The first-order chi connectivity index (χ1) is 17.5. The van der Waals surface area contributed by atoms with Gasteiger partial charge < -0.3 is 24.8 Å². The minimum Gasteiger partial charge on any atom is -0.375 e. The Balaban J connectivity index is 1.50. The standard InChI is InChI=1S/C28H33N5O2S/c1-19-16-22(11-12-23(19)30-25(34)18-35-2)33-27(26(31-28(33)36)24-10-6-7-14-29-24)20-13-15-32(17-20)21-8-4-3-5-9-21/h6-7,10-17,21,26-27H,3-5,8-9,18H2,1-2H3,(H,30,34)(H,31,36)/t26-,27-/m1/s1. The number of aromatic nitrogens is 2. The van der Waals surface area contributed by atoms with Crippen molar-refractivity contribution in [2.45, 2.75) is 57.2 Å². The summed E-state index contributed by atoms with van der Waals surface area (Å²) in [4.78, 5) is 18.9. The van der Waals surface area contributed by atoms with E-state index in [-0.39, 0.29) is 24.6 Å². The Morgan fingerprint density at radius 3 is 2.75 bits per heavy atom. The van der Waals surface area contributed by atoms with Crippen molar-refractivity contribution < 1.29 is 9.53 Å². The zero-order valence-corrected chi connectivity index (χ0v) is 21.6. The lowest BCUT2D eigenvalue weighted by Gasteiger charge is -2.28. The molecule has 1 aliphatic heterocycles. The summed E-state index contributed by atoms with van der Waals surface area (Å²) in [5.74, 6) is -0.177. The number of thiocarbonyl (C=S) groups is 1. The molecule has 0 radical (unpaired) electrons. The van der Waals surface area contributed by atoms with Gasteiger partial charge in [0.25, 0.3) is 0 Å². The monoisotopic (exact) mass is 503 g/mol. The molecular weight excluding hydrogens is 470 g/mol. The summed E-state index contributed by atoms with van der Waals surface area (Å²) in [5, 5.41) is 7.12. The van der Waals surface area contributed by atoms with Crippen molar-refractivity contribution in [3.05, 3.63) is 77.9 Å². The van der Waals surface area contributed by atoms with Gasteiger partial charge in [-0.2, -0.15) is 0 Å². The van der Waals surface area contributed by atoms with Crippen molar-refractivity contribution in [2.24, 2.45) is 0 Å². The first-order valence-electron chi connectivity index (χ1n) is 12.6. The third kappa shape index (κ3) is 5.01. The van der Waals surface area contributed by atoms with E-state index < -0.39 is 0 Å². The number of ether oxygens (including phenoxy) is 1. The van der Waals surface area contributed by atoms with Crippen LogP contribution in [0.3, 0.4) is 0 Å². The van der Waals surface area contributed by atoms with E-state index in [1.54, 1.807) is 0 Å². The molecule has 2 fully saturated rings. The van der Waals surface area contributed by atoms with Crippen LogP contribution in [0.5, 0.6) is 0 Å². The maximum atomic E-state index is 12.0. The number of anilines is 2. The Labute approximate surface area is 217 Å². The highest BCUT2D eigenvalue weighted by Crippen LogP contribution is 2.43. The minimum absolute atomic E-state index is 0.0210. The van der Waals surface area contributed by atoms with Crippen molar-refractivity contribution in [3.8, 4) is 0 Å². The summed E-state index contributed by atoms with van der Waals surface area (Å²) < 4.78 is 7.34. The zero-order valence-electron chi connectivity index (χ0n) is 20.8. The maximum absolute atomic E-state index is 12.0. The number of carbonyl (C=O) groups excluding carboxylic acids is 1. The van der Waals surface area contributed by atoms with Crippen LogP contribution in [-0.4, -0.2) is 34.3 Å². The number of carbonyl (C=O) groups is 1. The van der Waals surface area contributed by atoms with Crippen LogP contribution >= 0.6 is 12.2 Å². The average molecular weight is 504 g/mol. The molecule has 3 aromatic rings. The minimum atomic E-state index is -0.177. The Morgan fingerprint density at radius 1 is 1.19 bits per heavy atom. The third-order valence-electron chi connectivity index (χ3n) is 7.21. The van der Waals surface area contributed by atoms with Crippen LogP contribution in [0.25, 0.3) is 0 Å². The SMILES string of the molecule is COCC(=O)Nc1ccc(N2C(=S)N[C@H](c3ccccn3)[C@H]2c2ccn(C3CCCCC3)c2)cc1C. The van der Waals surface area contributed by atoms with Gasteiger partial charge in [-0.25, -0.2) is 0 Å². The molecule has 0 unspecified atom stereocenters. The number of amides is 1. The van der Waals surface area contributed by atoms with E-state index in [1.165, 1.54) is 44.8 Å². The molecule has 8 heteroatoms. The molecule has 1 saturated carbocycles. The molecule has 1 saturated heterocycles. The summed E-state index contributed by atoms with van der Waals surface area (Å²) in [6, 6.07) is 14.7. The largest absolute Gasteiger partial charge is 0.375 e. The molecule has 1 aliphatic carbocycles. The molecule has 36 heavy (non-hydrogen) atoms. The van der Waals surface area contributed by atoms with Gasteiger partial charge in [0.05, 0.1) is 17.8 Å². The number of pyridine rings is 1. The molecule has 0 bridgehead atoms. The predicted octanol–water partition coefficient (Wildman–Crippen LogP) is 5.46. The maximum Gasteiger partial charge on any atom is 0.250 e. The Morgan fingerprint density at radius 2 is 2.03 bits per heavy atom. The zero-order chi connectivity index (χ0) is 25.1. The Kier molecular flexibility index (Phi) is 7.34. The summed E-state index contributed by atoms with van der Waals surface area (Å²) in [5.41, 5.74) is 4.86. The number of nitrogens with zero attached hydrogens (tertiary/aromatic N) is 3. The van der Waals surface area contributed by atoms with Gasteiger partial charge in [-0.3, -0.25) is 9.78 Å². The number of hydrogen-bond acceptors (Lipinski definition) is 4. The van der Waals surface area contributed by atoms with E-state index in [0.717, 1.165) is 22.6 Å². The van der Waals surface area contributed by atoms with Gasteiger partial charge in [0.2, 0.25) is 5.91 Å². The lowest BCUT2D eigenvalue weighted by molar-refractivity contribution is -0.119. The second-order valence-electron chi connectivity index (χ2n) is 9.66. The Hall–Kier alpha value is -3.23. The van der Waals surface area contributed by atoms with Crippen LogP contribution in [0.4, 0.5) is 11.4 Å². The lowest BCUT2D eigenvalue weighted by Crippen LogP contribution is -2.29. The van der Waals surface area contributed by atoms with Gasteiger partial charge in [0.15, 0.2) is 5.11 Å². The van der Waals surface area contributed by atoms with E-state index in [1.807, 2.05) is 37.4 Å². The highest BCUT2D eigenvalue weighted by molar-refractivity contribution is 7.80. The highest BCUT2D eigenvalue weighted by Gasteiger charge is 2.41. The topological polar surface area (TPSA) is 71.4 Å². The molecule has 2 N–H and O–H groups in total. The molecule has 5 rings (SSSR count). The number of benzene rings is 1. The smallest absolute Gasteiger partial charge is 0.250 e. The van der Waals surface area contributed by atoms with Crippen LogP contribution in [-0.2, 0) is 9.53 Å². The van der Waals surface area contributed by atoms with E-state index in [0.29, 0.717) is 11.2 Å². The summed E-state index contributed by atoms with van der Waals surface area (Å²) in [7, 11) is 1.51. The van der Waals surface area contributed by atoms with Crippen LogP contribution in [0, 0.1) is 6.92 Å². The fraction of sp³-hybridized carbons (Fsp3) is 0.393. The van der Waals surface area contributed by atoms with E-state index >= 15 is 0 Å². The fourth-order valence-electron chi connectivity index (χ4n) is 5.44. The van der Waals surface area contributed by atoms with Crippen LogP contribution in [0.15, 0.2) is 61.1 Å². The average Bonchev–Trinajstić information content (AvgIpc) is 3.51. The molecular formula is C28H33N5O2S. The lowest BCUT2D eigenvalue weighted by atomic mass is 9.95. The molecule has 1 amide bonds. The molecule has 2 aliphatic rings. The first-order valence-corrected chi connectivity index (χ1v) is 13.0. The highest BCUT2D eigenvalue weighted by atomic mass is 32.1. The van der Waals surface area contributed by atoms with E-state index in [2.05, 4.69) is 55.7 Å². The molecule has 3 heterocycles. The number of rotatable bonds is 7. The molecule has 2 aromatic heterocycles. The van der Waals surface area contributed by atoms with Gasteiger partial charge >= 0.3 is 0 Å². The van der Waals surface area contributed by atoms with Gasteiger partial charge in [-0.05, 0) is 79.5 Å². The van der Waals surface area contributed by atoms with E-state index in [4.69, 9.17) is 17.0 Å². The third-order valence-corrected chi connectivity index (χ3v) is 7.53. The summed E-state index contributed by atoms with van der Waals surface area (Å²) >= 11 is 5.88. The second kappa shape index (κ2) is 10.8. The quantitative estimate of drug-likeness (QED) is 0.417. The fourth-order valence-corrected chi connectivity index (χ4v) is 5.78. The molecule has 0 spiro atoms. The van der Waals surface area contributed by atoms with Gasteiger partial charge in [-0.1, -0.05) is 25.3 Å². The second-order valence-corrected chi connectivity index (χ2v) is 10.0. The van der Waals surface area contributed by atoms with Crippen molar-refractivity contribution in [3.63, 3.8) is 0 Å². The van der Waals surface area contributed by atoms with Gasteiger partial charge in [-0.15, -0.1) is 0 Å². The molecule has 7 nitrogen and oxygen atoms in total. The molecule has 2 atom stereocenters. The van der Waals surface area contributed by atoms with Gasteiger partial charge in [0.1, 0.15) is 6.61 Å². The van der Waals surface area contributed by atoms with Crippen LogP contribution in [0.1, 0.15) is 67.1 Å². The van der Waals surface area contributed by atoms with Crippen molar-refractivity contribution in [2.75, 3.05) is 23.9 Å². The predicted molar refractivity (Wildman–Crippen MR) is 146 cm³/mol. The van der Waals surface area contributed by atoms with Crippen LogP contribution < -0.4 is 15.5 Å². The number of nitrogens with one attached hydrogen (secondary N) is 2. The van der Waals surface area contributed by atoms with Crippen molar-refractivity contribution in [1.29, 1.82) is 0 Å². The summed E-state index contributed by atoms with van der Waals surface area (Å²) in [6.07, 6.45) is 12.7. The Bertz CT molecular complexity index is 1220. The summed E-state index contributed by atoms with van der Waals surface area (Å²) in [6.45, 7) is 2.01. The normalized spacial score (nSPS) is 20.4. The van der Waals surface area contributed by atoms with Crippen molar-refractivity contribution in [1.82, 2.24) is 14.9 Å². The van der Waals surface area contributed by atoms with E-state index in [9.17, 15) is 4.79 Å². The van der Waals surface area contributed by atoms with Crippen molar-refractivity contribution >= 4 is 34.6 Å². The number of aryl methyl sites for hydroxylation is 1.